The Kier molecular flexibility index (Phi) is 11.6. The molecule has 1 aromatic heterocycles. The molecule has 0 fully saturated rings. The zero-order valence-corrected chi connectivity index (χ0v) is 25.6. The van der Waals surface area contributed by atoms with Gasteiger partial charge in [-0.25, -0.2) is 14.6 Å². The predicted octanol–water partition coefficient (Wildman–Crippen LogP) is 1.92. The minimum Gasteiger partial charge on any atom is -0.481 e. The van der Waals surface area contributed by atoms with Crippen molar-refractivity contribution < 1.29 is 39.3 Å². The van der Waals surface area contributed by atoms with Crippen LogP contribution in [0.15, 0.2) is 41.2 Å². The van der Waals surface area contributed by atoms with Crippen LogP contribution in [0.3, 0.4) is 0 Å². The van der Waals surface area contributed by atoms with Crippen LogP contribution in [0.2, 0.25) is 0 Å². The third-order valence-corrected chi connectivity index (χ3v) is 7.45. The number of aromatic amines is 1. The van der Waals surface area contributed by atoms with Crippen molar-refractivity contribution in [3.05, 3.63) is 69.3 Å². The Morgan fingerprint density at radius 2 is 1.67 bits per heavy atom. The molecule has 0 aliphatic rings. The van der Waals surface area contributed by atoms with Gasteiger partial charge < -0.3 is 35.4 Å². The molecule has 0 radical (unpaired) electrons. The summed E-state index contributed by atoms with van der Waals surface area (Å²) in [6.07, 6.45) is 4.10. The molecule has 14 heteroatoms. The highest BCUT2D eigenvalue weighted by molar-refractivity contribution is 5.97. The second kappa shape index (κ2) is 15.3. The summed E-state index contributed by atoms with van der Waals surface area (Å²) >= 11 is 0. The number of amides is 2. The summed E-state index contributed by atoms with van der Waals surface area (Å²) in [6, 6.07) is 7.05. The second-order valence-electron chi connectivity index (χ2n) is 10.7. The molecule has 0 aliphatic heterocycles. The van der Waals surface area contributed by atoms with Crippen molar-refractivity contribution in [1.82, 2.24) is 20.2 Å². The smallest absolute Gasteiger partial charge is 0.326 e. The topological polar surface area (TPSA) is 210 Å². The summed E-state index contributed by atoms with van der Waals surface area (Å²) < 4.78 is 0. The fourth-order valence-corrected chi connectivity index (χ4v) is 4.86. The van der Waals surface area contributed by atoms with Gasteiger partial charge >= 0.3 is 17.9 Å². The Morgan fingerprint density at radius 1 is 1.00 bits per heavy atom. The van der Waals surface area contributed by atoms with Crippen LogP contribution in [0.4, 0.5) is 5.69 Å². The summed E-state index contributed by atoms with van der Waals surface area (Å²) in [4.78, 5) is 82.0. The Balaban J connectivity index is 1.69. The molecule has 14 nitrogen and oxygen atoms in total. The monoisotopic (exact) mass is 633 g/mol. The molecule has 0 bridgehead atoms. The fraction of sp³-hybridized carbons (Fsp3) is 0.344. The molecular formula is C32H35N5O9. The highest BCUT2D eigenvalue weighted by atomic mass is 16.4. The number of rotatable bonds is 15. The van der Waals surface area contributed by atoms with E-state index in [0.717, 1.165) is 16.0 Å². The number of hydrogen-bond donors (Lipinski definition) is 5. The second-order valence-corrected chi connectivity index (χ2v) is 10.7. The molecule has 3 rings (SSSR count). The van der Waals surface area contributed by atoms with Crippen molar-refractivity contribution in [2.24, 2.45) is 0 Å². The molecule has 5 N–H and O–H groups in total. The Morgan fingerprint density at radius 3 is 2.26 bits per heavy atom. The minimum atomic E-state index is -1.46. The largest absolute Gasteiger partial charge is 0.481 e. The Hall–Kier alpha value is -5.71. The number of aryl methyl sites for hydroxylation is 2. The molecule has 0 unspecified atom stereocenters. The number of likely N-dealkylation sites (N-methyl/N-ethyl adjacent to an activating group) is 1. The maximum Gasteiger partial charge on any atom is 0.326 e. The molecule has 2 amide bonds. The van der Waals surface area contributed by atoms with Crippen molar-refractivity contribution in [3.63, 3.8) is 0 Å². The van der Waals surface area contributed by atoms with E-state index >= 15 is 0 Å². The zero-order valence-electron chi connectivity index (χ0n) is 25.6. The van der Waals surface area contributed by atoms with E-state index in [1.165, 1.54) is 19.2 Å². The van der Waals surface area contributed by atoms with Gasteiger partial charge in [0.1, 0.15) is 17.9 Å². The molecule has 2 atom stereocenters. The van der Waals surface area contributed by atoms with Gasteiger partial charge in [0.15, 0.2) is 0 Å². The lowest BCUT2D eigenvalue weighted by Gasteiger charge is -2.25. The first-order valence-electron chi connectivity index (χ1n) is 14.2. The van der Waals surface area contributed by atoms with Gasteiger partial charge in [0.25, 0.3) is 11.5 Å². The van der Waals surface area contributed by atoms with E-state index < -0.39 is 54.6 Å². The molecule has 0 saturated heterocycles. The number of H-pyrrole nitrogens is 1. The van der Waals surface area contributed by atoms with Gasteiger partial charge in [-0.1, -0.05) is 5.92 Å². The van der Waals surface area contributed by atoms with Crippen molar-refractivity contribution >= 4 is 46.3 Å². The number of hydrogen-bond acceptors (Lipinski definition) is 8. The highest BCUT2D eigenvalue weighted by Gasteiger charge is 2.29. The number of nitrogens with one attached hydrogen (secondary N) is 2. The highest BCUT2D eigenvalue weighted by Crippen LogP contribution is 2.22. The number of aromatic nitrogens is 2. The SMILES string of the molecule is C#CCN(Cc1cc2c(=O)[nH]c(C)nc2cc1C)c1ccc(C(=O)N[C@@H](CCC(=O)N(C)[C@@H](CCC(=O)O)C(=O)O)C(=O)O)cc1. The van der Waals surface area contributed by atoms with E-state index in [0.29, 0.717) is 29.0 Å². The fourth-order valence-electron chi connectivity index (χ4n) is 4.86. The van der Waals surface area contributed by atoms with Crippen LogP contribution in [-0.2, 0) is 25.7 Å². The van der Waals surface area contributed by atoms with Gasteiger partial charge in [0, 0.05) is 37.7 Å². The molecular weight excluding hydrogens is 598 g/mol. The van der Waals surface area contributed by atoms with E-state index in [9.17, 15) is 39.0 Å². The lowest BCUT2D eigenvalue weighted by molar-refractivity contribution is -0.150. The number of benzene rings is 2. The van der Waals surface area contributed by atoms with Crippen LogP contribution in [0.25, 0.3) is 10.9 Å². The number of carbonyl (C=O) groups excluding carboxylic acids is 2. The quantitative estimate of drug-likeness (QED) is 0.153. The van der Waals surface area contributed by atoms with Gasteiger partial charge in [0.05, 0.1) is 17.4 Å². The number of fused-ring (bicyclic) bond motifs is 1. The summed E-state index contributed by atoms with van der Waals surface area (Å²) in [5.74, 6) is -2.31. The first-order valence-corrected chi connectivity index (χ1v) is 14.2. The summed E-state index contributed by atoms with van der Waals surface area (Å²) in [5, 5.41) is 30.7. The average Bonchev–Trinajstić information content (AvgIpc) is 2.98. The van der Waals surface area contributed by atoms with Crippen LogP contribution in [0.5, 0.6) is 0 Å². The molecule has 2 aromatic carbocycles. The Bertz CT molecular complexity index is 1740. The van der Waals surface area contributed by atoms with Crippen molar-refractivity contribution in [2.45, 2.75) is 58.2 Å². The number of nitrogens with zero attached hydrogens (tertiary/aromatic N) is 3. The van der Waals surface area contributed by atoms with E-state index in [2.05, 4.69) is 21.2 Å². The van der Waals surface area contributed by atoms with E-state index in [1.54, 1.807) is 25.1 Å². The zero-order chi connectivity index (χ0) is 34.1. The third-order valence-electron chi connectivity index (χ3n) is 7.45. The van der Waals surface area contributed by atoms with Crippen LogP contribution < -0.4 is 15.8 Å². The van der Waals surface area contributed by atoms with Gasteiger partial charge in [-0.3, -0.25) is 19.2 Å². The maximum absolute atomic E-state index is 12.9. The maximum atomic E-state index is 12.9. The van der Waals surface area contributed by atoms with E-state index in [-0.39, 0.29) is 30.5 Å². The van der Waals surface area contributed by atoms with E-state index in [1.807, 2.05) is 17.9 Å². The number of carbonyl (C=O) groups is 5. The summed E-state index contributed by atoms with van der Waals surface area (Å²) in [6.45, 7) is 4.18. The summed E-state index contributed by atoms with van der Waals surface area (Å²) in [7, 11) is 1.20. The average molecular weight is 634 g/mol. The molecule has 3 aromatic rings. The van der Waals surface area contributed by atoms with Crippen molar-refractivity contribution in [1.29, 1.82) is 0 Å². The normalized spacial score (nSPS) is 12.0. The van der Waals surface area contributed by atoms with Crippen molar-refractivity contribution in [2.75, 3.05) is 18.5 Å². The van der Waals surface area contributed by atoms with Gasteiger partial charge in [-0.05, 0) is 74.2 Å². The van der Waals surface area contributed by atoms with Gasteiger partial charge in [0.2, 0.25) is 5.91 Å². The number of carboxylic acids is 3. The van der Waals surface area contributed by atoms with E-state index in [4.69, 9.17) is 11.5 Å². The van der Waals surface area contributed by atoms with Crippen LogP contribution in [0, 0.1) is 26.2 Å². The van der Waals surface area contributed by atoms with Crippen molar-refractivity contribution in [3.8, 4) is 12.3 Å². The third kappa shape index (κ3) is 8.91. The molecule has 0 saturated carbocycles. The van der Waals surface area contributed by atoms with Gasteiger partial charge in [-0.2, -0.15) is 0 Å². The Labute approximate surface area is 264 Å². The standard InChI is InChI=1S/C32H35N5O9/c1-5-14-37(17-21-16-23-25(15-18(21)2)33-19(3)34-30(23)42)22-8-6-20(7-9-22)29(41)35-24(31(43)44)10-12-27(38)36(4)26(32(45)46)11-13-28(39)40/h1,6-9,15-16,24,26H,10-14,17H2,2-4H3,(H,35,41)(H,39,40)(H,43,44)(H,45,46)(H,33,34,42)/t24-,26-/m0/s1. The molecule has 0 spiro atoms. The molecule has 242 valence electrons. The first-order chi connectivity index (χ1) is 21.7. The molecule has 0 aliphatic carbocycles. The lowest BCUT2D eigenvalue weighted by atomic mass is 10.0. The van der Waals surface area contributed by atoms with Gasteiger partial charge in [-0.15, -0.1) is 6.42 Å². The number of anilines is 1. The molecule has 46 heavy (non-hydrogen) atoms. The number of aliphatic carboxylic acids is 3. The number of terminal acetylenes is 1. The lowest BCUT2D eigenvalue weighted by Crippen LogP contribution is -2.45. The predicted molar refractivity (Wildman–Crippen MR) is 167 cm³/mol. The molecule has 1 heterocycles. The minimum absolute atomic E-state index is 0.147. The first kappa shape index (κ1) is 34.8. The van der Waals surface area contributed by atoms with Crippen LogP contribution in [0.1, 0.15) is 53.0 Å². The van der Waals surface area contributed by atoms with Crippen LogP contribution in [-0.4, -0.2) is 85.6 Å². The van der Waals surface area contributed by atoms with Crippen LogP contribution >= 0.6 is 0 Å². The number of carboxylic acid groups (broad SMARTS) is 3. The summed E-state index contributed by atoms with van der Waals surface area (Å²) in [5.41, 5.74) is 2.90.